The van der Waals surface area contributed by atoms with Gasteiger partial charge < -0.3 is 5.32 Å². The van der Waals surface area contributed by atoms with E-state index in [-0.39, 0.29) is 11.9 Å². The predicted molar refractivity (Wildman–Crippen MR) is 73.4 cm³/mol. The van der Waals surface area contributed by atoms with Gasteiger partial charge in [-0.3, -0.25) is 0 Å². The van der Waals surface area contributed by atoms with Crippen LogP contribution >= 0.6 is 11.3 Å². The Morgan fingerprint density at radius 2 is 2.28 bits per heavy atom. The van der Waals surface area contributed by atoms with Crippen molar-refractivity contribution in [3.05, 3.63) is 51.7 Å². The number of nitrogens with zero attached hydrogens (tertiary/aromatic N) is 1. The number of halogens is 1. The maximum absolute atomic E-state index is 13.4. The lowest BCUT2D eigenvalue weighted by Gasteiger charge is -2.17. The van der Waals surface area contributed by atoms with Gasteiger partial charge in [0.2, 0.25) is 0 Å². The molecular formula is C14H17FN2S. The molecule has 1 unspecified atom stereocenters. The number of benzene rings is 1. The molecule has 18 heavy (non-hydrogen) atoms. The van der Waals surface area contributed by atoms with E-state index < -0.39 is 0 Å². The van der Waals surface area contributed by atoms with E-state index in [4.69, 9.17) is 0 Å². The van der Waals surface area contributed by atoms with Gasteiger partial charge >= 0.3 is 0 Å². The fraction of sp³-hybridized carbons (Fsp3) is 0.357. The Labute approximate surface area is 111 Å². The molecule has 4 heteroatoms. The largest absolute Gasteiger partial charge is 0.310 e. The van der Waals surface area contributed by atoms with Crippen molar-refractivity contribution in [1.29, 1.82) is 0 Å². The summed E-state index contributed by atoms with van der Waals surface area (Å²) in [6.45, 7) is 5.07. The SMILES string of the molecule is CCNC(C)c1ccc(F)cc1Cc1nccs1. The van der Waals surface area contributed by atoms with E-state index in [1.54, 1.807) is 23.6 Å². The van der Waals surface area contributed by atoms with Gasteiger partial charge in [-0.05, 0) is 36.7 Å². The summed E-state index contributed by atoms with van der Waals surface area (Å²) < 4.78 is 13.4. The first-order valence-corrected chi connectivity index (χ1v) is 6.98. The second kappa shape index (κ2) is 6.07. The minimum Gasteiger partial charge on any atom is -0.310 e. The van der Waals surface area contributed by atoms with Gasteiger partial charge in [0, 0.05) is 24.0 Å². The second-order valence-corrected chi connectivity index (χ2v) is 5.20. The lowest BCUT2D eigenvalue weighted by Crippen LogP contribution is -2.19. The molecule has 2 rings (SSSR count). The van der Waals surface area contributed by atoms with E-state index in [0.29, 0.717) is 6.42 Å². The third-order valence-electron chi connectivity index (χ3n) is 2.91. The first-order chi connectivity index (χ1) is 8.70. The number of rotatable bonds is 5. The lowest BCUT2D eigenvalue weighted by atomic mass is 9.99. The standard InChI is InChI=1S/C14H17FN2S/c1-3-16-10(2)13-5-4-12(15)8-11(13)9-14-17-6-7-18-14/h4-8,10,16H,3,9H2,1-2H3. The van der Waals surface area contributed by atoms with Crippen LogP contribution in [0, 0.1) is 5.82 Å². The first-order valence-electron chi connectivity index (χ1n) is 6.10. The Hall–Kier alpha value is -1.26. The van der Waals surface area contributed by atoms with Crippen LogP contribution in [0.1, 0.15) is 36.0 Å². The summed E-state index contributed by atoms with van der Waals surface area (Å²) >= 11 is 1.60. The Morgan fingerprint density at radius 1 is 1.44 bits per heavy atom. The van der Waals surface area contributed by atoms with Crippen molar-refractivity contribution < 1.29 is 4.39 Å². The molecule has 2 aromatic rings. The molecular weight excluding hydrogens is 247 g/mol. The summed E-state index contributed by atoms with van der Waals surface area (Å²) in [7, 11) is 0. The van der Waals surface area contributed by atoms with Crippen molar-refractivity contribution in [2.75, 3.05) is 6.54 Å². The molecule has 0 saturated heterocycles. The van der Waals surface area contributed by atoms with Crippen LogP contribution in [0.2, 0.25) is 0 Å². The summed E-state index contributed by atoms with van der Waals surface area (Å²) in [5.74, 6) is -0.186. The van der Waals surface area contributed by atoms with Crippen LogP contribution in [0.15, 0.2) is 29.8 Å². The molecule has 1 atom stereocenters. The molecule has 1 N–H and O–H groups in total. The number of aromatic nitrogens is 1. The van der Waals surface area contributed by atoms with Crippen molar-refractivity contribution in [2.45, 2.75) is 26.3 Å². The third-order valence-corrected chi connectivity index (χ3v) is 3.69. The van der Waals surface area contributed by atoms with E-state index in [1.807, 2.05) is 11.4 Å². The average molecular weight is 264 g/mol. The van der Waals surface area contributed by atoms with Crippen molar-refractivity contribution >= 4 is 11.3 Å². The van der Waals surface area contributed by atoms with E-state index >= 15 is 0 Å². The van der Waals surface area contributed by atoms with Crippen molar-refractivity contribution in [3.63, 3.8) is 0 Å². The second-order valence-electron chi connectivity index (χ2n) is 4.23. The highest BCUT2D eigenvalue weighted by atomic mass is 32.1. The van der Waals surface area contributed by atoms with Gasteiger partial charge in [-0.2, -0.15) is 0 Å². The topological polar surface area (TPSA) is 24.9 Å². The summed E-state index contributed by atoms with van der Waals surface area (Å²) in [5.41, 5.74) is 2.16. The van der Waals surface area contributed by atoms with Gasteiger partial charge in [-0.1, -0.05) is 13.0 Å². The van der Waals surface area contributed by atoms with Gasteiger partial charge in [-0.15, -0.1) is 11.3 Å². The van der Waals surface area contributed by atoms with Crippen LogP contribution in [-0.4, -0.2) is 11.5 Å². The predicted octanol–water partition coefficient (Wildman–Crippen LogP) is 3.54. The monoisotopic (exact) mass is 264 g/mol. The highest BCUT2D eigenvalue weighted by Crippen LogP contribution is 2.22. The molecule has 1 aromatic carbocycles. The minimum absolute atomic E-state index is 0.186. The number of nitrogens with one attached hydrogen (secondary N) is 1. The quantitative estimate of drug-likeness (QED) is 0.893. The molecule has 96 valence electrons. The molecule has 0 radical (unpaired) electrons. The number of hydrogen-bond acceptors (Lipinski definition) is 3. The van der Waals surface area contributed by atoms with Crippen LogP contribution in [0.5, 0.6) is 0 Å². The molecule has 0 spiro atoms. The summed E-state index contributed by atoms with van der Waals surface area (Å²) in [6.07, 6.45) is 2.48. The van der Waals surface area contributed by atoms with Crippen LogP contribution in [0.4, 0.5) is 4.39 Å². The van der Waals surface area contributed by atoms with Crippen LogP contribution in [0.3, 0.4) is 0 Å². The molecule has 0 aliphatic rings. The molecule has 1 heterocycles. The van der Waals surface area contributed by atoms with E-state index in [1.165, 1.54) is 6.07 Å². The Kier molecular flexibility index (Phi) is 4.44. The molecule has 0 saturated carbocycles. The highest BCUT2D eigenvalue weighted by Gasteiger charge is 2.12. The average Bonchev–Trinajstić information content (AvgIpc) is 2.82. The highest BCUT2D eigenvalue weighted by molar-refractivity contribution is 7.09. The van der Waals surface area contributed by atoms with E-state index in [9.17, 15) is 4.39 Å². The van der Waals surface area contributed by atoms with Gasteiger partial charge in [0.25, 0.3) is 0 Å². The number of thiazole rings is 1. The summed E-state index contributed by atoms with van der Waals surface area (Å²) in [6, 6.07) is 5.23. The normalized spacial score (nSPS) is 12.6. The van der Waals surface area contributed by atoms with Gasteiger partial charge in [0.1, 0.15) is 5.82 Å². The lowest BCUT2D eigenvalue weighted by molar-refractivity contribution is 0.586. The van der Waals surface area contributed by atoms with Crippen LogP contribution in [-0.2, 0) is 6.42 Å². The summed E-state index contributed by atoms with van der Waals surface area (Å²) in [4.78, 5) is 4.26. The molecule has 0 amide bonds. The Balaban J connectivity index is 2.28. The number of hydrogen-bond donors (Lipinski definition) is 1. The minimum atomic E-state index is -0.186. The molecule has 0 aliphatic heterocycles. The Bertz CT molecular complexity index is 497. The zero-order valence-electron chi connectivity index (χ0n) is 10.6. The molecule has 0 fully saturated rings. The maximum Gasteiger partial charge on any atom is 0.123 e. The third kappa shape index (κ3) is 3.15. The molecule has 0 bridgehead atoms. The fourth-order valence-corrected chi connectivity index (χ4v) is 2.71. The Morgan fingerprint density at radius 3 is 2.94 bits per heavy atom. The summed E-state index contributed by atoms with van der Waals surface area (Å²) in [5, 5.41) is 6.33. The van der Waals surface area contributed by atoms with Crippen LogP contribution < -0.4 is 5.32 Å². The van der Waals surface area contributed by atoms with Crippen molar-refractivity contribution in [1.82, 2.24) is 10.3 Å². The molecule has 0 aliphatic carbocycles. The molecule has 1 aromatic heterocycles. The molecule has 2 nitrogen and oxygen atoms in total. The first kappa shape index (κ1) is 13.2. The van der Waals surface area contributed by atoms with Gasteiger partial charge in [-0.25, -0.2) is 9.37 Å². The van der Waals surface area contributed by atoms with Gasteiger partial charge in [0.15, 0.2) is 0 Å². The maximum atomic E-state index is 13.4. The van der Waals surface area contributed by atoms with Crippen molar-refractivity contribution in [3.8, 4) is 0 Å². The zero-order valence-corrected chi connectivity index (χ0v) is 11.4. The van der Waals surface area contributed by atoms with E-state index in [0.717, 1.165) is 22.7 Å². The van der Waals surface area contributed by atoms with Crippen molar-refractivity contribution in [2.24, 2.45) is 0 Å². The fourth-order valence-electron chi connectivity index (χ4n) is 2.07. The van der Waals surface area contributed by atoms with Gasteiger partial charge in [0.05, 0.1) is 5.01 Å². The van der Waals surface area contributed by atoms with Crippen LogP contribution in [0.25, 0.3) is 0 Å². The zero-order chi connectivity index (χ0) is 13.0. The van der Waals surface area contributed by atoms with E-state index in [2.05, 4.69) is 24.1 Å². The smallest absolute Gasteiger partial charge is 0.123 e.